The zero-order valence-electron chi connectivity index (χ0n) is 80.5. The number of nitrogens with two attached hydrogens (primary N) is 1. The smallest absolute Gasteiger partial charge is 0.407 e. The van der Waals surface area contributed by atoms with Gasteiger partial charge in [-0.15, -0.1) is 34.8 Å². The molecular formula is C85H160Cl4N6O39. The van der Waals surface area contributed by atoms with Crippen molar-refractivity contribution in [2.45, 2.75) is 296 Å². The number of rotatable bonds is 27. The highest BCUT2D eigenvalue weighted by Crippen LogP contribution is 2.38. The lowest BCUT2D eigenvalue weighted by molar-refractivity contribution is -0.294. The third-order valence-corrected chi connectivity index (χ3v) is 22.9. The lowest BCUT2D eigenvalue weighted by Gasteiger charge is -2.38. The van der Waals surface area contributed by atoms with E-state index in [1.165, 1.54) is 67.8 Å². The molecule has 38 atom stereocenters. The van der Waals surface area contributed by atoms with Crippen LogP contribution in [-0.2, 0) is 109 Å². The van der Waals surface area contributed by atoms with Crippen LogP contribution < -0.4 is 32.3 Å². The van der Waals surface area contributed by atoms with E-state index in [1.54, 1.807) is 21.3 Å². The lowest BCUT2D eigenvalue weighted by atomic mass is 9.87. The molecule has 10 aliphatic rings. The van der Waals surface area contributed by atoms with Gasteiger partial charge in [0.25, 0.3) is 0 Å². The van der Waals surface area contributed by atoms with Gasteiger partial charge in [-0.3, -0.25) is 4.79 Å². The molecule has 0 aromatic heterocycles. The van der Waals surface area contributed by atoms with Crippen LogP contribution in [0.15, 0.2) is 38.0 Å². The van der Waals surface area contributed by atoms with Crippen molar-refractivity contribution in [3.63, 3.8) is 0 Å². The van der Waals surface area contributed by atoms with Crippen LogP contribution in [0.3, 0.4) is 0 Å². The molecule has 10 aliphatic heterocycles. The predicted octanol–water partition coefficient (Wildman–Crippen LogP) is -0.152. The van der Waals surface area contributed by atoms with E-state index in [-0.39, 0.29) is 111 Å². The highest BCUT2D eigenvalue weighted by molar-refractivity contribution is 6.62. The molecule has 0 radical (unpaired) electrons. The van der Waals surface area contributed by atoms with E-state index in [0.717, 1.165) is 19.3 Å². The van der Waals surface area contributed by atoms with E-state index in [2.05, 4.69) is 92.5 Å². The number of hydrogen-bond donors (Lipinski definition) is 19. The van der Waals surface area contributed by atoms with E-state index in [1.807, 2.05) is 28.1 Å². The Hall–Kier alpha value is -3.54. The van der Waals surface area contributed by atoms with Crippen molar-refractivity contribution in [3.05, 3.63) is 38.0 Å². The Morgan fingerprint density at radius 3 is 1.13 bits per heavy atom. The van der Waals surface area contributed by atoms with Gasteiger partial charge in [0.15, 0.2) is 56.6 Å². The maximum atomic E-state index is 11.3. The number of amides is 3. The molecule has 0 aliphatic carbocycles. The van der Waals surface area contributed by atoms with Gasteiger partial charge in [0.05, 0.1) is 91.1 Å². The summed E-state index contributed by atoms with van der Waals surface area (Å²) in [7, 11) is 18.9. The number of epoxide rings is 1. The fraction of sp³-hybridized carbons (Fsp3) is 0.882. The Labute approximate surface area is 807 Å². The Morgan fingerprint density at radius 1 is 0.396 bits per heavy atom. The minimum absolute atomic E-state index is 0.00810. The van der Waals surface area contributed by atoms with Crippen molar-refractivity contribution >= 4 is 69.9 Å². The normalized spacial score (nSPS) is 37.6. The molecule has 134 heavy (non-hydrogen) atoms. The third kappa shape index (κ3) is 49.0. The molecule has 792 valence electrons. The molecule has 10 heterocycles. The highest BCUT2D eigenvalue weighted by atomic mass is 35.5. The summed E-state index contributed by atoms with van der Waals surface area (Å²) in [6, 6.07) is 0. The average molecular weight is 2030 g/mol. The Bertz CT molecular complexity index is 2920. The van der Waals surface area contributed by atoms with E-state index in [9.17, 15) is 80.5 Å². The van der Waals surface area contributed by atoms with E-state index >= 15 is 0 Å². The van der Waals surface area contributed by atoms with Gasteiger partial charge in [-0.05, 0) is 77.7 Å². The van der Waals surface area contributed by atoms with Crippen molar-refractivity contribution in [1.82, 2.24) is 26.6 Å². The van der Waals surface area contributed by atoms with Crippen molar-refractivity contribution in [2.24, 2.45) is 35.3 Å². The summed E-state index contributed by atoms with van der Waals surface area (Å²) in [6.07, 6.45) is -11.8. The number of ether oxygens (including phenoxy) is 22. The number of alkyl halides is 3. The molecular weight excluding hydrogens is 1870 g/mol. The van der Waals surface area contributed by atoms with Crippen LogP contribution in [0.25, 0.3) is 0 Å². The first-order valence-electron chi connectivity index (χ1n) is 44.0. The Morgan fingerprint density at radius 2 is 0.731 bits per heavy atom. The van der Waals surface area contributed by atoms with Gasteiger partial charge in [0.1, 0.15) is 87.0 Å². The Kier molecular flexibility index (Phi) is 71.6. The van der Waals surface area contributed by atoms with Gasteiger partial charge in [-0.1, -0.05) is 65.7 Å². The van der Waals surface area contributed by atoms with Crippen molar-refractivity contribution in [2.75, 3.05) is 156 Å². The van der Waals surface area contributed by atoms with E-state index in [0.29, 0.717) is 81.1 Å². The van der Waals surface area contributed by atoms with Crippen LogP contribution in [0.5, 0.6) is 0 Å². The molecule has 0 saturated carbocycles. The van der Waals surface area contributed by atoms with Gasteiger partial charge >= 0.3 is 18.3 Å². The molecule has 0 spiro atoms. The largest absolute Gasteiger partial charge is 0.445 e. The number of nitrogens with one attached hydrogen (secondary N) is 5. The minimum Gasteiger partial charge on any atom is -0.445 e. The van der Waals surface area contributed by atoms with Crippen molar-refractivity contribution < 1.29 is 190 Å². The summed E-state index contributed by atoms with van der Waals surface area (Å²) in [5, 5.41) is 134. The first-order valence-corrected chi connectivity index (χ1v) is 45.8. The second kappa shape index (κ2) is 73.5. The zero-order valence-corrected chi connectivity index (χ0v) is 83.6. The Balaban J connectivity index is 0.00000148. The highest BCUT2D eigenvalue weighted by Gasteiger charge is 2.52. The predicted molar refractivity (Wildman–Crippen MR) is 487 cm³/mol. The molecule has 10 fully saturated rings. The molecule has 20 N–H and O–H groups in total. The maximum absolute atomic E-state index is 11.3. The fourth-order valence-corrected chi connectivity index (χ4v) is 14.8. The second-order valence-electron chi connectivity index (χ2n) is 32.3. The van der Waals surface area contributed by atoms with Gasteiger partial charge in [0, 0.05) is 153 Å². The maximum Gasteiger partial charge on any atom is 0.407 e. The summed E-state index contributed by atoms with van der Waals surface area (Å²) in [6.45, 7) is 26.6. The number of hydrogen-bond acceptors (Lipinski definition) is 42. The summed E-state index contributed by atoms with van der Waals surface area (Å²) in [4.78, 5) is 42.9. The van der Waals surface area contributed by atoms with Gasteiger partial charge in [-0.2, -0.15) is 0 Å². The van der Waals surface area contributed by atoms with Crippen LogP contribution in [0.2, 0.25) is 0 Å². The molecule has 0 aromatic carbocycles. The number of alkyl carbamates (subject to hydrolysis) is 3. The molecule has 10 saturated heterocycles. The van der Waals surface area contributed by atoms with Gasteiger partial charge < -0.3 is 203 Å². The van der Waals surface area contributed by atoms with Crippen LogP contribution in [0, 0.1) is 29.6 Å². The first kappa shape index (κ1) is 130. The molecule has 18 unspecified atom stereocenters. The molecule has 45 nitrogen and oxygen atoms in total. The standard InChI is InChI=1S/C13H24N2O5.C11H19NO6.C11H17NO5.C9H19NO2.C9H18O2.C7H12Cl2O4.C7H13ClO4.C7H14O6.C7H14O4.C2H3ClO.C2H7N/c1-4-5-19-13(17)15-8-10-6-9(7-14-2)11(16)12(18-3)20-10;1-3-4-17-11(15)12-6-7-5-8(13)9(14)10(16-2)18-7;1-3-4-15-11(13)12-6-7-5-8-9(17-8)10(14-2)16-7;1-6-4-8(5-10)12-9(11-3)7(6)2;1-6-5-7(2)11-9(10-4)8(6)3;1-12-7-6(11)5(10)4(9)3(2-8)13-7;1-11-7-6(10)5(9)2-4(3-8)12-7;1-12-7-6(11)5(10)4(9)3(2-8)13-7;1-4-3-5(8)6(9)7(10-2)11-4;1-2(3)4;1-3-2/h4,9-12,14,16H,1,5-8H2,2-3H3,(H,15,17);3,7-10,13-14H,1,4-6H2,2H3,(H,12,15);3,7-10H,1,4-6H2,2H3,(H,12,13);6-9H,4-5,10H2,1-3H3;6-9H,5H2,1-4H3;3-7,10-11H,2H2,1H3;4-7,9-10H,2-3H2,1H3;3-11H,2H2,1H3;4-9H,3H2,1-2H3;1H3;3H,1-2H3/t9?,10?,11-,12-;2*7?,8?,9-,10-;6?,7-,8?,9-;6?,7?,8-,9-;3?,4-,5?,6-,7-;4?,5?,6-,7-;3?,4-,5?,6+,7+;4?,5?,6-,7-;;/m000000010../s1. The molecule has 0 aromatic rings. The quantitative estimate of drug-likeness (QED) is 0.0167. The fourth-order valence-electron chi connectivity index (χ4n) is 14.0. The summed E-state index contributed by atoms with van der Waals surface area (Å²) in [5.41, 5.74) is 5.55. The van der Waals surface area contributed by atoms with Crippen LogP contribution in [0.1, 0.15) is 93.4 Å². The number of carbonyl (C=O) groups excluding carboxylic acids is 4. The number of carbonyl (C=O) groups is 4. The third-order valence-electron chi connectivity index (χ3n) is 21.7. The van der Waals surface area contributed by atoms with Crippen LogP contribution in [0.4, 0.5) is 14.4 Å². The number of fused-ring (bicyclic) bond motifs is 1. The molecule has 10 rings (SSSR count). The number of halogens is 4. The van der Waals surface area contributed by atoms with Gasteiger partial charge in [-0.25, -0.2) is 14.4 Å². The van der Waals surface area contributed by atoms with Crippen molar-refractivity contribution in [1.29, 1.82) is 0 Å². The average Bonchev–Trinajstić information content (AvgIpc) is 1.63. The lowest BCUT2D eigenvalue weighted by Crippen LogP contribution is -2.58. The number of aliphatic hydroxyl groups excluding tert-OH is 13. The molecule has 49 heteroatoms. The minimum atomic E-state index is -1.36. The summed E-state index contributed by atoms with van der Waals surface area (Å²) >= 11 is 21.5. The monoisotopic (exact) mass is 2030 g/mol. The topological polar surface area (TPSA) is 624 Å². The van der Waals surface area contributed by atoms with Gasteiger partial charge in [0.2, 0.25) is 5.24 Å². The number of methoxy groups -OCH3 is 9. The number of aliphatic hydroxyl groups is 13. The summed E-state index contributed by atoms with van der Waals surface area (Å²) in [5.74, 6) is 2.80. The summed E-state index contributed by atoms with van der Waals surface area (Å²) < 4.78 is 113. The van der Waals surface area contributed by atoms with Crippen molar-refractivity contribution in [3.8, 4) is 0 Å². The van der Waals surface area contributed by atoms with Crippen LogP contribution >= 0.6 is 46.4 Å². The second-order valence-corrected chi connectivity index (χ2v) is 34.0. The molecule has 0 bridgehead atoms. The van der Waals surface area contributed by atoms with E-state index < -0.39 is 160 Å². The first-order chi connectivity index (χ1) is 63.5. The van der Waals surface area contributed by atoms with Crippen LogP contribution in [-0.4, -0.2) is 448 Å². The molecule has 3 amide bonds. The zero-order chi connectivity index (χ0) is 102. The van der Waals surface area contributed by atoms with E-state index in [4.69, 9.17) is 150 Å². The SMILES string of the molecule is C=CCOC(=O)NCC1CC(CNC)[C@H](O)[C@@H](OC)O1.C=CCOC(=O)NCC1CC(O)[C@H](O)[C@@H](OC)O1.C=CCOC(=O)NCC1CC2O[C@@H]2[C@@H](OC)O1.CC(=O)Cl.CNC.CO[C@H]1OC(C)CC(C)[C@@H]1C.CO[C@H]1OC(C)CC(O)[C@@H]1O.CO[C@H]1OC(CCl)CC(O)[C@@H]1O.CO[C@H]1OC(CCl)[C@H](Cl)C(O)[C@@H]1O.CO[C@H]1OC(CN)CC(C)[C@@H]1C.CO[C@H]1OC(CO)[C@@H](O)C(O)[C@@H]1O.